The van der Waals surface area contributed by atoms with Crippen molar-refractivity contribution in [1.82, 2.24) is 5.32 Å². The Bertz CT molecular complexity index is 679. The summed E-state index contributed by atoms with van der Waals surface area (Å²) in [6, 6.07) is 1.47. The highest BCUT2D eigenvalue weighted by molar-refractivity contribution is 8.13. The summed E-state index contributed by atoms with van der Waals surface area (Å²) in [5.74, 6) is -1.13. The molecule has 1 N–H and O–H groups in total. The van der Waals surface area contributed by atoms with Gasteiger partial charge in [0.05, 0.1) is 10.6 Å². The highest BCUT2D eigenvalue weighted by atomic mass is 35.7. The second-order valence-electron chi connectivity index (χ2n) is 3.89. The first-order valence-corrected chi connectivity index (χ1v) is 9.91. The molecule has 0 aliphatic rings. The number of halogens is 3. The molecule has 0 fully saturated rings. The number of nitrogens with one attached hydrogen (secondary N) is 1. The minimum Gasteiger partial charge on any atom is -0.351 e. The van der Waals surface area contributed by atoms with Crippen molar-refractivity contribution in [1.29, 1.82) is 0 Å². The molecule has 0 saturated carbocycles. The van der Waals surface area contributed by atoms with Gasteiger partial charge in [-0.25, -0.2) is 12.8 Å². The largest absolute Gasteiger partial charge is 0.351 e. The van der Waals surface area contributed by atoms with E-state index in [1.165, 1.54) is 0 Å². The molecule has 0 aliphatic carbocycles. The molecule has 10 heteroatoms. The van der Waals surface area contributed by atoms with E-state index < -0.39 is 36.5 Å². The lowest BCUT2D eigenvalue weighted by Gasteiger charge is -2.08. The molecule has 1 aromatic carbocycles. The Kier molecular flexibility index (Phi) is 6.58. The maximum Gasteiger partial charge on any atom is 0.264 e. The van der Waals surface area contributed by atoms with Gasteiger partial charge in [0.1, 0.15) is 10.7 Å². The van der Waals surface area contributed by atoms with Crippen LogP contribution >= 0.6 is 22.3 Å². The van der Waals surface area contributed by atoms with Gasteiger partial charge < -0.3 is 5.32 Å². The second-order valence-corrected chi connectivity index (χ2v) is 8.70. The molecule has 0 heterocycles. The summed E-state index contributed by atoms with van der Waals surface area (Å²) in [6.07, 6.45) is 0. The summed E-state index contributed by atoms with van der Waals surface area (Å²) in [4.78, 5) is 11.0. The predicted octanol–water partition coefficient (Wildman–Crippen LogP) is 1.91. The summed E-state index contributed by atoms with van der Waals surface area (Å²) in [5.41, 5.74) is -0.223. The fourth-order valence-corrected chi connectivity index (χ4v) is 3.17. The topological polar surface area (TPSA) is 80.3 Å². The van der Waals surface area contributed by atoms with E-state index in [4.69, 9.17) is 22.3 Å². The number of carbonyl (C=O) groups excluding carboxylic acids is 1. The Morgan fingerprint density at radius 2 is 2.05 bits per heavy atom. The molecule has 1 rings (SSSR count). The highest BCUT2D eigenvalue weighted by Gasteiger charge is 2.21. The van der Waals surface area contributed by atoms with Crippen molar-refractivity contribution in [3.8, 4) is 0 Å². The third kappa shape index (κ3) is 5.21. The van der Waals surface area contributed by atoms with Gasteiger partial charge in [-0.2, -0.15) is 0 Å². The van der Waals surface area contributed by atoms with Crippen LogP contribution < -0.4 is 5.32 Å². The van der Waals surface area contributed by atoms with Crippen molar-refractivity contribution in [2.75, 3.05) is 18.1 Å². The summed E-state index contributed by atoms with van der Waals surface area (Å²) in [7, 11) is -0.311. The Balaban J connectivity index is 2.97. The monoisotopic (exact) mass is 375 g/mol. The molecule has 0 spiro atoms. The van der Waals surface area contributed by atoms with E-state index in [9.17, 15) is 21.8 Å². The van der Waals surface area contributed by atoms with Gasteiger partial charge in [-0.1, -0.05) is 18.5 Å². The molecular formula is C11H12Cl2FNO4S2. The summed E-state index contributed by atoms with van der Waals surface area (Å²) in [6.45, 7) is 1.86. The molecule has 1 amide bonds. The average molecular weight is 376 g/mol. The van der Waals surface area contributed by atoms with Crippen LogP contribution in [0, 0.1) is 5.82 Å². The lowest BCUT2D eigenvalue weighted by Crippen LogP contribution is -2.28. The maximum absolute atomic E-state index is 13.5. The molecule has 0 saturated heterocycles. The van der Waals surface area contributed by atoms with E-state index in [1.807, 2.05) is 0 Å². The van der Waals surface area contributed by atoms with Gasteiger partial charge in [0, 0.05) is 39.5 Å². The Morgan fingerprint density at radius 1 is 1.43 bits per heavy atom. The van der Waals surface area contributed by atoms with E-state index in [0.717, 1.165) is 6.07 Å². The smallest absolute Gasteiger partial charge is 0.264 e. The van der Waals surface area contributed by atoms with E-state index in [0.29, 0.717) is 11.8 Å². The van der Waals surface area contributed by atoms with Crippen LogP contribution in [0.5, 0.6) is 0 Å². The van der Waals surface area contributed by atoms with Gasteiger partial charge in [0.2, 0.25) is 0 Å². The third-order valence-electron chi connectivity index (χ3n) is 2.47. The van der Waals surface area contributed by atoms with Gasteiger partial charge in [0.15, 0.2) is 0 Å². The van der Waals surface area contributed by atoms with Crippen molar-refractivity contribution >= 4 is 48.0 Å². The van der Waals surface area contributed by atoms with Crippen LogP contribution in [0.15, 0.2) is 17.0 Å². The van der Waals surface area contributed by atoms with E-state index >= 15 is 0 Å². The Hall–Kier alpha value is -0.700. The second kappa shape index (κ2) is 7.53. The van der Waals surface area contributed by atoms with Crippen LogP contribution in [-0.4, -0.2) is 36.6 Å². The highest BCUT2D eigenvalue weighted by Crippen LogP contribution is 2.26. The summed E-state index contributed by atoms with van der Waals surface area (Å²) >= 11 is 5.72. The molecule has 1 aromatic rings. The first-order chi connectivity index (χ1) is 9.66. The fourth-order valence-electron chi connectivity index (χ4n) is 1.41. The standard InChI is InChI=1S/C11H12Cl2FNO4S2/c1-2-20(17)4-3-15-11(16)7-5-10(21(13,18)19)9(14)6-8(7)12/h5-6H,2-4H2,1H3,(H,15,16). The Morgan fingerprint density at radius 3 is 2.57 bits per heavy atom. The predicted molar refractivity (Wildman–Crippen MR) is 80.3 cm³/mol. The molecular weight excluding hydrogens is 364 g/mol. The van der Waals surface area contributed by atoms with Gasteiger partial charge in [-0.15, -0.1) is 0 Å². The molecule has 1 unspecified atom stereocenters. The van der Waals surface area contributed by atoms with Crippen LogP contribution in [0.3, 0.4) is 0 Å². The lowest BCUT2D eigenvalue weighted by atomic mass is 10.2. The minimum absolute atomic E-state index is 0.121. The van der Waals surface area contributed by atoms with Crippen LogP contribution in [0.1, 0.15) is 17.3 Å². The molecule has 0 aromatic heterocycles. The van der Waals surface area contributed by atoms with Crippen LogP contribution in [0.2, 0.25) is 5.02 Å². The zero-order chi connectivity index (χ0) is 16.2. The van der Waals surface area contributed by atoms with Crippen molar-refractivity contribution in [3.63, 3.8) is 0 Å². The zero-order valence-electron chi connectivity index (χ0n) is 10.9. The molecule has 21 heavy (non-hydrogen) atoms. The first kappa shape index (κ1) is 18.3. The van der Waals surface area contributed by atoms with Crippen LogP contribution in [0.25, 0.3) is 0 Å². The number of carbonyl (C=O) groups is 1. The third-order valence-corrected chi connectivity index (χ3v) is 5.42. The van der Waals surface area contributed by atoms with Crippen molar-refractivity contribution < 1.29 is 21.8 Å². The maximum atomic E-state index is 13.5. The molecule has 0 radical (unpaired) electrons. The molecule has 0 bridgehead atoms. The van der Waals surface area contributed by atoms with Crippen molar-refractivity contribution in [2.24, 2.45) is 0 Å². The van der Waals surface area contributed by atoms with Crippen LogP contribution in [0.4, 0.5) is 4.39 Å². The number of amides is 1. The van der Waals surface area contributed by atoms with Crippen molar-refractivity contribution in [3.05, 3.63) is 28.5 Å². The number of hydrogen-bond acceptors (Lipinski definition) is 4. The SMILES string of the molecule is CCS(=O)CCNC(=O)c1cc(S(=O)(=O)Cl)c(F)cc1Cl. The van der Waals surface area contributed by atoms with Gasteiger partial charge in [0.25, 0.3) is 15.0 Å². The van der Waals surface area contributed by atoms with Crippen LogP contribution in [-0.2, 0) is 19.9 Å². The van der Waals surface area contributed by atoms with E-state index in [-0.39, 0.29) is 22.9 Å². The molecule has 5 nitrogen and oxygen atoms in total. The number of rotatable bonds is 6. The average Bonchev–Trinajstić information content (AvgIpc) is 2.36. The number of benzene rings is 1. The summed E-state index contributed by atoms with van der Waals surface area (Å²) in [5, 5.41) is 2.18. The van der Waals surface area contributed by atoms with Gasteiger partial charge in [-0.05, 0) is 12.1 Å². The van der Waals surface area contributed by atoms with Gasteiger partial charge in [-0.3, -0.25) is 9.00 Å². The number of hydrogen-bond donors (Lipinski definition) is 1. The first-order valence-electron chi connectivity index (χ1n) is 5.73. The van der Waals surface area contributed by atoms with E-state index in [1.54, 1.807) is 6.92 Å². The minimum atomic E-state index is -4.33. The molecule has 0 aliphatic heterocycles. The Labute approximate surface area is 133 Å². The normalized spacial score (nSPS) is 13.0. The van der Waals surface area contributed by atoms with E-state index in [2.05, 4.69) is 5.32 Å². The van der Waals surface area contributed by atoms with Gasteiger partial charge >= 0.3 is 0 Å². The fraction of sp³-hybridized carbons (Fsp3) is 0.364. The quantitative estimate of drug-likeness (QED) is 0.770. The summed E-state index contributed by atoms with van der Waals surface area (Å²) < 4.78 is 47.1. The zero-order valence-corrected chi connectivity index (χ0v) is 14.0. The van der Waals surface area contributed by atoms with Crippen molar-refractivity contribution in [2.45, 2.75) is 11.8 Å². The molecule has 118 valence electrons. The lowest BCUT2D eigenvalue weighted by molar-refractivity contribution is 0.0956. The molecule has 1 atom stereocenters.